The number of likely N-dealkylation sites (N-methyl/N-ethyl adjacent to an activating group) is 1. The predicted octanol–water partition coefficient (Wildman–Crippen LogP) is 2.90. The Kier molecular flexibility index (Phi) is 1.76. The van der Waals surface area contributed by atoms with Gasteiger partial charge in [-0.1, -0.05) is 36.2 Å². The van der Waals surface area contributed by atoms with Crippen LogP contribution in [-0.2, 0) is 10.3 Å². The molecule has 2 rings (SSSR count). The summed E-state index contributed by atoms with van der Waals surface area (Å²) in [5.41, 5.74) is -1.52. The number of hydrogen-bond donors (Lipinski definition) is 1. The minimum atomic E-state index is -2.82. The van der Waals surface area contributed by atoms with Crippen LogP contribution in [0.25, 0.3) is 0 Å². The summed E-state index contributed by atoms with van der Waals surface area (Å²) in [6.07, 6.45) is -2.26. The molecule has 3 heteroatoms. The fraction of sp³-hybridized carbons (Fsp3) is 0.462. The van der Waals surface area contributed by atoms with Gasteiger partial charge in [-0.3, -0.25) is 4.79 Å². The van der Waals surface area contributed by atoms with Crippen molar-refractivity contribution in [2.24, 2.45) is 0 Å². The fourth-order valence-corrected chi connectivity index (χ4v) is 2.31. The second kappa shape index (κ2) is 4.56. The van der Waals surface area contributed by atoms with E-state index in [1.165, 1.54) is 12.1 Å². The zero-order valence-corrected chi connectivity index (χ0v) is 9.42. The Morgan fingerprint density at radius 2 is 2.44 bits per heavy atom. The van der Waals surface area contributed by atoms with Crippen molar-refractivity contribution in [3.8, 4) is 0 Å². The van der Waals surface area contributed by atoms with E-state index in [0.717, 1.165) is 0 Å². The van der Waals surface area contributed by atoms with Crippen LogP contribution in [0.5, 0.6) is 0 Å². The van der Waals surface area contributed by atoms with Gasteiger partial charge in [-0.25, -0.2) is 0 Å². The van der Waals surface area contributed by atoms with Gasteiger partial charge >= 0.3 is 0 Å². The van der Waals surface area contributed by atoms with Crippen molar-refractivity contribution in [2.75, 3.05) is 6.98 Å². The van der Waals surface area contributed by atoms with E-state index in [2.05, 4.69) is 0 Å². The van der Waals surface area contributed by atoms with Gasteiger partial charge in [0.15, 0.2) is 5.78 Å². The van der Waals surface area contributed by atoms with Crippen LogP contribution in [0.1, 0.15) is 38.1 Å². The normalized spacial score (nSPS) is 35.5. The molecule has 0 bridgehead atoms. The van der Waals surface area contributed by atoms with Crippen LogP contribution in [0, 0.1) is 0 Å². The Bertz CT molecular complexity index is 590. The van der Waals surface area contributed by atoms with Crippen LogP contribution < -0.4 is 5.31 Å². The first kappa shape index (κ1) is 6.18. The molecule has 86 valence electrons. The van der Waals surface area contributed by atoms with Gasteiger partial charge in [0.2, 0.25) is 0 Å². The average molecular weight is 244 g/mol. The maximum absolute atomic E-state index is 12.7. The Labute approximate surface area is 109 Å². The molecule has 0 heterocycles. The molecule has 1 saturated carbocycles. The summed E-state index contributed by atoms with van der Waals surface area (Å²) in [4.78, 5) is 12.7. The minimum Gasteiger partial charge on any atom is -0.304 e. The van der Waals surface area contributed by atoms with Gasteiger partial charge in [0.05, 0.1) is 0 Å². The summed E-state index contributed by atoms with van der Waals surface area (Å²) >= 11 is 6.14. The minimum absolute atomic E-state index is 0.0184. The fourth-order valence-electron chi connectivity index (χ4n) is 2.02. The highest BCUT2D eigenvalue weighted by atomic mass is 35.5. The largest absolute Gasteiger partial charge is 0.304 e. The van der Waals surface area contributed by atoms with Crippen molar-refractivity contribution in [1.82, 2.24) is 5.31 Å². The van der Waals surface area contributed by atoms with Gasteiger partial charge in [0.1, 0.15) is 6.95 Å². The number of carbonyl (C=O) groups is 1. The molecule has 0 aliphatic heterocycles. The van der Waals surface area contributed by atoms with E-state index in [9.17, 15) is 4.79 Å². The second-order valence-electron chi connectivity index (χ2n) is 3.80. The van der Waals surface area contributed by atoms with Crippen molar-refractivity contribution in [3.05, 3.63) is 34.9 Å². The third-order valence-electron chi connectivity index (χ3n) is 2.92. The van der Waals surface area contributed by atoms with Crippen LogP contribution in [0.3, 0.4) is 0 Å². The van der Waals surface area contributed by atoms with Crippen LogP contribution in [-0.4, -0.2) is 12.8 Å². The molecule has 1 aliphatic rings. The molecule has 1 aliphatic carbocycles. The zero-order valence-electron chi connectivity index (χ0n) is 14.7. The number of ketones is 1. The van der Waals surface area contributed by atoms with Gasteiger partial charge in [-0.05, 0) is 31.4 Å². The van der Waals surface area contributed by atoms with Crippen molar-refractivity contribution >= 4 is 17.4 Å². The standard InChI is InChI=1S/C13H16ClNO/c1-15-13(9-5-4-8-12(13)16)10-6-2-3-7-11(10)14/h2-3,6-7,15H,4-5,8-9H2,1H3/i1D3,4D2/hD. The molecular formula is C13H16ClNO. The molecule has 1 unspecified atom stereocenters. The lowest BCUT2D eigenvalue weighted by atomic mass is 9.75. The molecule has 1 aromatic carbocycles. The maximum Gasteiger partial charge on any atom is 0.157 e. The monoisotopic (exact) mass is 243 g/mol. The summed E-state index contributed by atoms with van der Waals surface area (Å²) < 4.78 is 46.0. The molecule has 1 N–H and O–H groups in total. The Morgan fingerprint density at radius 1 is 1.62 bits per heavy atom. The second-order valence-corrected chi connectivity index (χ2v) is 4.21. The van der Waals surface area contributed by atoms with Gasteiger partial charge in [-0.2, -0.15) is 0 Å². The molecule has 16 heavy (non-hydrogen) atoms. The van der Waals surface area contributed by atoms with Crippen molar-refractivity contribution in [3.63, 3.8) is 0 Å². The van der Waals surface area contributed by atoms with Crippen LogP contribution in [0.15, 0.2) is 24.3 Å². The Hall–Kier alpha value is -0.860. The predicted molar refractivity (Wildman–Crippen MR) is 65.7 cm³/mol. The molecule has 0 radical (unpaired) electrons. The van der Waals surface area contributed by atoms with Crippen molar-refractivity contribution in [1.29, 1.82) is 0 Å². The van der Waals surface area contributed by atoms with Crippen LogP contribution >= 0.6 is 11.6 Å². The number of nitrogens with one attached hydrogen (secondary N) is 1. The van der Waals surface area contributed by atoms with E-state index in [-0.39, 0.29) is 23.4 Å². The van der Waals surface area contributed by atoms with Gasteiger partial charge in [-0.15, -0.1) is 0 Å². The van der Waals surface area contributed by atoms with Gasteiger partial charge < -0.3 is 5.31 Å². The summed E-state index contributed by atoms with van der Waals surface area (Å²) in [5.74, 6) is -0.636. The highest BCUT2D eigenvalue weighted by Crippen LogP contribution is 2.37. The van der Waals surface area contributed by atoms with E-state index < -0.39 is 31.1 Å². The number of benzene rings is 1. The molecular weight excluding hydrogens is 222 g/mol. The van der Waals surface area contributed by atoms with E-state index in [1.807, 2.05) is 0 Å². The molecule has 1 atom stereocenters. The summed E-state index contributed by atoms with van der Waals surface area (Å²) in [6.45, 7) is -2.82. The topological polar surface area (TPSA) is 29.1 Å². The number of halogens is 1. The number of Topliss-reactive ketones (excluding diaryl/α,β-unsaturated/α-hetero) is 1. The Morgan fingerprint density at radius 3 is 3.12 bits per heavy atom. The van der Waals surface area contributed by atoms with Crippen molar-refractivity contribution in [2.45, 2.75) is 31.2 Å². The van der Waals surface area contributed by atoms with Crippen LogP contribution in [0.2, 0.25) is 6.43 Å². The molecule has 0 amide bonds. The summed E-state index contributed by atoms with van der Waals surface area (Å²) in [7, 11) is 0. The molecule has 1 aromatic rings. The van der Waals surface area contributed by atoms with E-state index >= 15 is 0 Å². The van der Waals surface area contributed by atoms with Crippen molar-refractivity contribution < 1.29 is 13.1 Å². The average Bonchev–Trinajstić information content (AvgIpc) is 2.38. The molecule has 0 saturated heterocycles. The van der Waals surface area contributed by atoms with E-state index in [4.69, 9.17) is 19.9 Å². The summed E-state index contributed by atoms with van der Waals surface area (Å²) in [6, 6.07) is 6.32. The van der Waals surface area contributed by atoms with Gasteiger partial charge in [0, 0.05) is 18.3 Å². The van der Waals surface area contributed by atoms with E-state index in [0.29, 0.717) is 5.31 Å². The highest BCUT2D eigenvalue weighted by molar-refractivity contribution is 6.31. The SMILES string of the molecule is [2H]N(C([2H])([2H])[2H])C1(c2ccccc2Cl)CCC([2H])([2H])CC1=O. The van der Waals surface area contributed by atoms with Gasteiger partial charge in [0.25, 0.3) is 0 Å². The number of carbonyl (C=O) groups excluding carboxylic acids is 1. The lowest BCUT2D eigenvalue weighted by Gasteiger charge is -2.36. The first-order chi connectivity index (χ1) is 10.0. The summed E-state index contributed by atoms with van der Waals surface area (Å²) in [5, 5.41) is 0.499. The smallest absolute Gasteiger partial charge is 0.157 e. The molecule has 2 nitrogen and oxygen atoms in total. The lowest BCUT2D eigenvalue weighted by molar-refractivity contribution is -0.127. The third-order valence-corrected chi connectivity index (χ3v) is 3.25. The molecule has 0 spiro atoms. The third kappa shape index (κ3) is 1.76. The first-order valence-electron chi connectivity index (χ1n) is 8.03. The maximum atomic E-state index is 12.7. The highest BCUT2D eigenvalue weighted by Gasteiger charge is 2.40. The quantitative estimate of drug-likeness (QED) is 0.866. The van der Waals surface area contributed by atoms with E-state index in [1.54, 1.807) is 12.1 Å². The Balaban J connectivity index is 2.62. The molecule has 1 fully saturated rings. The zero-order chi connectivity index (χ0) is 16.8. The lowest BCUT2D eigenvalue weighted by Crippen LogP contribution is -2.49. The van der Waals surface area contributed by atoms with Crippen LogP contribution in [0.4, 0.5) is 0 Å². The molecule has 0 aromatic heterocycles. The first-order valence-corrected chi connectivity index (χ1v) is 5.46. The number of hydrogen-bond acceptors (Lipinski definition) is 2. The number of rotatable bonds is 2.